The number of benzene rings is 2. The summed E-state index contributed by atoms with van der Waals surface area (Å²) in [5.41, 5.74) is 0.300. The largest absolute Gasteiger partial charge is 0.493 e. The number of nitrogens with zero attached hydrogens (tertiary/aromatic N) is 1. The second kappa shape index (κ2) is 7.64. The maximum absolute atomic E-state index is 13.2. The van der Waals surface area contributed by atoms with Crippen LogP contribution in [0.15, 0.2) is 53.7 Å². The van der Waals surface area contributed by atoms with Gasteiger partial charge in [-0.1, -0.05) is 12.1 Å². The standard InChI is InChI=1S/C22H18F3NO5/c1-29-17-7-6-12(8-18(17)30-2)15-10-19(27)26(16-11-31-21(28)20(15)16)14-5-3-4-13(9-14)22(23,24)25/h3-9,15H,10-11H2,1-2H3. The summed E-state index contributed by atoms with van der Waals surface area (Å²) in [7, 11) is 2.96. The van der Waals surface area contributed by atoms with E-state index in [1.165, 1.54) is 26.4 Å². The Morgan fingerprint density at radius 3 is 2.45 bits per heavy atom. The maximum atomic E-state index is 13.2. The number of hydrogen-bond donors (Lipinski definition) is 0. The van der Waals surface area contributed by atoms with Gasteiger partial charge >= 0.3 is 12.1 Å². The molecule has 0 fully saturated rings. The normalized spacial score (nSPS) is 18.7. The number of carbonyl (C=O) groups excluding carboxylic acids is 2. The van der Waals surface area contributed by atoms with Gasteiger partial charge < -0.3 is 14.2 Å². The third-order valence-electron chi connectivity index (χ3n) is 5.36. The van der Waals surface area contributed by atoms with Crippen molar-refractivity contribution in [1.82, 2.24) is 0 Å². The molecule has 162 valence electrons. The first kappa shape index (κ1) is 20.8. The molecule has 1 amide bonds. The molecule has 0 N–H and O–H groups in total. The minimum atomic E-state index is -4.56. The molecule has 0 saturated carbocycles. The van der Waals surface area contributed by atoms with E-state index >= 15 is 0 Å². The zero-order chi connectivity index (χ0) is 22.3. The lowest BCUT2D eigenvalue weighted by Crippen LogP contribution is -2.37. The van der Waals surface area contributed by atoms with Gasteiger partial charge in [0.1, 0.15) is 6.61 Å². The third-order valence-corrected chi connectivity index (χ3v) is 5.36. The Morgan fingerprint density at radius 1 is 1.03 bits per heavy atom. The van der Waals surface area contributed by atoms with E-state index in [1.54, 1.807) is 18.2 Å². The van der Waals surface area contributed by atoms with Gasteiger partial charge in [0, 0.05) is 18.0 Å². The minimum Gasteiger partial charge on any atom is -0.493 e. The van der Waals surface area contributed by atoms with Gasteiger partial charge in [0.2, 0.25) is 5.91 Å². The van der Waals surface area contributed by atoms with E-state index in [-0.39, 0.29) is 30.0 Å². The van der Waals surface area contributed by atoms with E-state index in [4.69, 9.17) is 14.2 Å². The number of halogens is 3. The van der Waals surface area contributed by atoms with Crippen LogP contribution in [0.1, 0.15) is 23.5 Å². The number of alkyl halides is 3. The second-order valence-electron chi connectivity index (χ2n) is 7.08. The van der Waals surface area contributed by atoms with Gasteiger partial charge in [-0.05, 0) is 35.9 Å². The van der Waals surface area contributed by atoms with Crippen molar-refractivity contribution in [3.63, 3.8) is 0 Å². The lowest BCUT2D eigenvalue weighted by atomic mass is 9.84. The van der Waals surface area contributed by atoms with Crippen LogP contribution in [-0.2, 0) is 20.5 Å². The van der Waals surface area contributed by atoms with E-state index in [2.05, 4.69) is 0 Å². The minimum absolute atomic E-state index is 0.0383. The number of hydrogen-bond acceptors (Lipinski definition) is 5. The molecule has 4 rings (SSSR count). The van der Waals surface area contributed by atoms with E-state index in [9.17, 15) is 22.8 Å². The first-order chi connectivity index (χ1) is 14.7. The summed E-state index contributed by atoms with van der Waals surface area (Å²) >= 11 is 0. The number of cyclic esters (lactones) is 1. The Morgan fingerprint density at radius 2 is 1.77 bits per heavy atom. The Balaban J connectivity index is 1.80. The summed E-state index contributed by atoms with van der Waals surface area (Å²) in [5.74, 6) is -0.724. The van der Waals surface area contributed by atoms with Gasteiger partial charge in [-0.25, -0.2) is 4.79 Å². The number of carbonyl (C=O) groups is 2. The van der Waals surface area contributed by atoms with Crippen LogP contribution in [0, 0.1) is 0 Å². The van der Waals surface area contributed by atoms with Gasteiger partial charge in [0.05, 0.1) is 31.1 Å². The monoisotopic (exact) mass is 433 g/mol. The van der Waals surface area contributed by atoms with Crippen LogP contribution in [-0.4, -0.2) is 32.7 Å². The summed E-state index contributed by atoms with van der Waals surface area (Å²) in [6.45, 7) is -0.195. The SMILES string of the molecule is COc1ccc(C2CC(=O)N(c3cccc(C(F)(F)F)c3)C3=C2C(=O)OC3)cc1OC. The molecular weight excluding hydrogens is 415 g/mol. The molecule has 2 aromatic rings. The van der Waals surface area contributed by atoms with Gasteiger partial charge in [0.25, 0.3) is 0 Å². The fourth-order valence-corrected chi connectivity index (χ4v) is 3.93. The fraction of sp³-hybridized carbons (Fsp3) is 0.273. The van der Waals surface area contributed by atoms with Crippen molar-refractivity contribution in [3.8, 4) is 11.5 Å². The van der Waals surface area contributed by atoms with E-state index in [1.807, 2.05) is 0 Å². The highest BCUT2D eigenvalue weighted by atomic mass is 19.4. The Kier molecular flexibility index (Phi) is 5.12. The summed E-state index contributed by atoms with van der Waals surface area (Å²) < 4.78 is 55.2. The zero-order valence-corrected chi connectivity index (χ0v) is 16.7. The first-order valence-corrected chi connectivity index (χ1v) is 9.37. The van der Waals surface area contributed by atoms with Crippen LogP contribution in [0.2, 0.25) is 0 Å². The predicted molar refractivity (Wildman–Crippen MR) is 104 cm³/mol. The molecule has 1 atom stereocenters. The van der Waals surface area contributed by atoms with Crippen LogP contribution in [0.3, 0.4) is 0 Å². The number of rotatable bonds is 4. The van der Waals surface area contributed by atoms with Gasteiger partial charge in [-0.2, -0.15) is 13.2 Å². The van der Waals surface area contributed by atoms with Crippen LogP contribution >= 0.6 is 0 Å². The highest BCUT2D eigenvalue weighted by molar-refractivity contribution is 6.06. The molecule has 0 bridgehead atoms. The van der Waals surface area contributed by atoms with Gasteiger partial charge in [-0.3, -0.25) is 9.69 Å². The average molecular weight is 433 g/mol. The summed E-state index contributed by atoms with van der Waals surface area (Å²) in [4.78, 5) is 26.7. The summed E-state index contributed by atoms with van der Waals surface area (Å²) in [6.07, 6.45) is -4.67. The highest BCUT2D eigenvalue weighted by Gasteiger charge is 2.43. The molecule has 0 aliphatic carbocycles. The zero-order valence-electron chi connectivity index (χ0n) is 16.7. The molecule has 2 heterocycles. The smallest absolute Gasteiger partial charge is 0.416 e. The molecular formula is C22H18F3NO5. The average Bonchev–Trinajstić information content (AvgIpc) is 3.13. The first-order valence-electron chi connectivity index (χ1n) is 9.37. The van der Waals surface area contributed by atoms with E-state index in [0.717, 1.165) is 17.0 Å². The number of esters is 1. The lowest BCUT2D eigenvalue weighted by Gasteiger charge is -2.32. The molecule has 31 heavy (non-hydrogen) atoms. The third kappa shape index (κ3) is 3.60. The van der Waals surface area contributed by atoms with Crippen molar-refractivity contribution in [2.24, 2.45) is 0 Å². The van der Waals surface area contributed by atoms with Crippen molar-refractivity contribution in [3.05, 3.63) is 64.9 Å². The Hall–Kier alpha value is -3.49. The molecule has 1 unspecified atom stereocenters. The molecule has 0 aromatic heterocycles. The molecule has 2 aliphatic heterocycles. The van der Waals surface area contributed by atoms with Crippen molar-refractivity contribution in [2.45, 2.75) is 18.5 Å². The Labute approximate surface area is 175 Å². The van der Waals surface area contributed by atoms with Crippen molar-refractivity contribution in [1.29, 1.82) is 0 Å². The van der Waals surface area contributed by atoms with Gasteiger partial charge in [-0.15, -0.1) is 0 Å². The number of methoxy groups -OCH3 is 2. The van der Waals surface area contributed by atoms with Crippen molar-refractivity contribution >= 4 is 17.6 Å². The molecule has 0 radical (unpaired) electrons. The highest BCUT2D eigenvalue weighted by Crippen LogP contribution is 2.44. The quantitative estimate of drug-likeness (QED) is 0.681. The van der Waals surface area contributed by atoms with E-state index in [0.29, 0.717) is 17.1 Å². The van der Waals surface area contributed by atoms with Crippen LogP contribution in [0.5, 0.6) is 11.5 Å². The Bertz CT molecular complexity index is 1090. The fourth-order valence-electron chi connectivity index (χ4n) is 3.93. The molecule has 9 heteroatoms. The molecule has 2 aromatic carbocycles. The molecule has 0 spiro atoms. The van der Waals surface area contributed by atoms with E-state index < -0.39 is 29.5 Å². The number of anilines is 1. The van der Waals surface area contributed by atoms with Crippen LogP contribution in [0.4, 0.5) is 18.9 Å². The van der Waals surface area contributed by atoms with Crippen molar-refractivity contribution < 1.29 is 37.0 Å². The topological polar surface area (TPSA) is 65.1 Å². The van der Waals surface area contributed by atoms with Crippen molar-refractivity contribution in [2.75, 3.05) is 25.7 Å². The summed E-state index contributed by atoms with van der Waals surface area (Å²) in [5, 5.41) is 0. The van der Waals surface area contributed by atoms with Crippen LogP contribution in [0.25, 0.3) is 0 Å². The number of ether oxygens (including phenoxy) is 3. The predicted octanol–water partition coefficient (Wildman–Crippen LogP) is 4.05. The van der Waals surface area contributed by atoms with Crippen LogP contribution < -0.4 is 14.4 Å². The van der Waals surface area contributed by atoms with Gasteiger partial charge in [0.15, 0.2) is 11.5 Å². The molecule has 6 nitrogen and oxygen atoms in total. The second-order valence-corrected chi connectivity index (χ2v) is 7.08. The molecule has 0 saturated heterocycles. The summed E-state index contributed by atoms with van der Waals surface area (Å²) in [6, 6.07) is 9.50. The number of amides is 1. The molecule has 2 aliphatic rings. The lowest BCUT2D eigenvalue weighted by molar-refractivity contribution is -0.138. The maximum Gasteiger partial charge on any atom is 0.416 e.